The number of primary amides is 2. The number of esters is 1. The molecule has 7 atom stereocenters. The van der Waals surface area contributed by atoms with Crippen molar-refractivity contribution in [2.45, 2.75) is 173 Å². The third kappa shape index (κ3) is 24.4. The molecule has 1 fully saturated rings. The van der Waals surface area contributed by atoms with Crippen molar-refractivity contribution >= 4 is 83.1 Å². The lowest BCUT2D eigenvalue weighted by molar-refractivity contribution is -0.150. The van der Waals surface area contributed by atoms with E-state index < -0.39 is 163 Å². The second-order valence-electron chi connectivity index (χ2n) is 22.4. The molecule has 0 unspecified atom stereocenters. The number of nitrogens with one attached hydrogen (secondary N) is 6. The molecule has 0 radical (unpaired) electrons. The van der Waals surface area contributed by atoms with Crippen LogP contribution in [0.1, 0.15) is 118 Å². The van der Waals surface area contributed by atoms with E-state index in [9.17, 15) is 47.9 Å². The molecule has 1 aliphatic rings. The Morgan fingerprint density at radius 3 is 1.60 bits per heavy atom. The van der Waals surface area contributed by atoms with Crippen LogP contribution >= 0.6 is 11.8 Å². The molecule has 1 aliphatic heterocycles. The summed E-state index contributed by atoms with van der Waals surface area (Å²) in [5.74, 6) is -9.24. The number of rotatable bonds is 30. The van der Waals surface area contributed by atoms with Crippen LogP contribution < -0.4 is 43.4 Å². The Kier molecular flexibility index (Phi) is 28.1. The van der Waals surface area contributed by atoms with Crippen molar-refractivity contribution in [2.24, 2.45) is 17.4 Å². The van der Waals surface area contributed by atoms with E-state index >= 15 is 9.59 Å². The molecule has 1 saturated heterocycles. The predicted octanol–water partition coefficient (Wildman–Crippen LogP) is 2.05. The fraction of sp³-hybridized carbons (Fsp3) is 0.579. The van der Waals surface area contributed by atoms with Gasteiger partial charge in [-0.2, -0.15) is 11.8 Å². The molecule has 1 heterocycles. The second kappa shape index (κ2) is 33.5. The Balaban J connectivity index is 2.30. The Hall–Kier alpha value is -7.61. The number of hydrogen-bond acceptors (Lipinski definition) is 17. The fourth-order valence-corrected chi connectivity index (χ4v) is 9.11. The van der Waals surface area contributed by atoms with Crippen molar-refractivity contribution in [1.82, 2.24) is 41.7 Å². The quantitative estimate of drug-likeness (QED) is 0.0410. The monoisotopic (exact) mass is 1180 g/mol. The van der Waals surface area contributed by atoms with Crippen LogP contribution in [0.3, 0.4) is 0 Å². The molecule has 11 amide bonds. The third-order valence-electron chi connectivity index (χ3n) is 12.6. The minimum Gasteiger partial charge on any atom is -0.467 e. The molecular formula is C57H84N10O15S. The Morgan fingerprint density at radius 2 is 1.13 bits per heavy atom. The zero-order valence-corrected chi connectivity index (χ0v) is 50.0. The number of carbonyl (C=O) groups excluding carboxylic acids is 12. The first-order valence-corrected chi connectivity index (χ1v) is 28.9. The van der Waals surface area contributed by atoms with Crippen LogP contribution in [0, 0.1) is 5.92 Å². The van der Waals surface area contributed by atoms with Gasteiger partial charge in [-0.15, -0.1) is 0 Å². The van der Waals surface area contributed by atoms with Crippen molar-refractivity contribution in [1.29, 1.82) is 0 Å². The molecule has 2 aromatic carbocycles. The SMILES string of the molecule is COC(=O)[C@@H](CCSC)NC(=O)[C@H](CC(C)C)NC(=O)CNC(=O)[C@H](Cc1ccccc1)N(C(=O)OC(C)(C)C)C(=O)[C@@H](Cc1ccccc1)N(C(=O)OC(C)(C)C)C(=O)[C@H](CCC(N)=O)NC(=O)[C@H](CCC(N)=O)NC(=O)[C@@H]1CCCN1. The van der Waals surface area contributed by atoms with E-state index in [2.05, 4.69) is 31.9 Å². The van der Waals surface area contributed by atoms with Gasteiger partial charge in [-0.3, -0.25) is 43.2 Å². The van der Waals surface area contributed by atoms with Crippen LogP contribution in [0.5, 0.6) is 0 Å². The maximum absolute atomic E-state index is 16.1. The first-order chi connectivity index (χ1) is 38.9. The maximum atomic E-state index is 16.1. The van der Waals surface area contributed by atoms with Crippen molar-refractivity contribution in [2.75, 3.05) is 32.2 Å². The van der Waals surface area contributed by atoms with Gasteiger partial charge in [0.2, 0.25) is 41.4 Å². The largest absolute Gasteiger partial charge is 0.467 e. The maximum Gasteiger partial charge on any atom is 0.417 e. The molecule has 3 rings (SSSR count). The minimum atomic E-state index is -2.16. The molecule has 0 spiro atoms. The Bertz CT molecular complexity index is 2570. The Labute approximate surface area is 489 Å². The van der Waals surface area contributed by atoms with Crippen LogP contribution in [0.25, 0.3) is 0 Å². The summed E-state index contributed by atoms with van der Waals surface area (Å²) in [6.07, 6.45) is -2.64. The van der Waals surface area contributed by atoms with Gasteiger partial charge in [0, 0.05) is 25.7 Å². The zero-order valence-electron chi connectivity index (χ0n) is 49.2. The van der Waals surface area contributed by atoms with Crippen LogP contribution in [-0.2, 0) is 75.0 Å². The summed E-state index contributed by atoms with van der Waals surface area (Å²) in [7, 11) is 1.18. The summed E-state index contributed by atoms with van der Waals surface area (Å²) in [5.41, 5.74) is 8.94. The van der Waals surface area contributed by atoms with Crippen LogP contribution in [0.2, 0.25) is 0 Å². The second-order valence-corrected chi connectivity index (χ2v) is 23.4. The summed E-state index contributed by atoms with van der Waals surface area (Å²) >= 11 is 1.44. The molecule has 10 N–H and O–H groups in total. The van der Waals surface area contributed by atoms with Crippen LogP contribution in [0.4, 0.5) is 9.59 Å². The average molecular weight is 1180 g/mol. The molecule has 0 aromatic heterocycles. The fourth-order valence-electron chi connectivity index (χ4n) is 8.64. The van der Waals surface area contributed by atoms with E-state index in [1.54, 1.807) is 74.5 Å². The van der Waals surface area contributed by atoms with Gasteiger partial charge in [0.25, 0.3) is 11.8 Å². The van der Waals surface area contributed by atoms with E-state index in [0.717, 1.165) is 0 Å². The summed E-state index contributed by atoms with van der Waals surface area (Å²) < 4.78 is 16.5. The first kappa shape index (κ1) is 69.7. The number of benzene rings is 2. The van der Waals surface area contributed by atoms with Gasteiger partial charge in [-0.1, -0.05) is 74.5 Å². The molecular weight excluding hydrogens is 1100 g/mol. The van der Waals surface area contributed by atoms with Crippen molar-refractivity contribution in [3.63, 3.8) is 0 Å². The third-order valence-corrected chi connectivity index (χ3v) is 13.2. The first-order valence-electron chi connectivity index (χ1n) is 27.5. The normalized spacial score (nSPS) is 15.3. The smallest absolute Gasteiger partial charge is 0.417 e. The van der Waals surface area contributed by atoms with Gasteiger partial charge in [-0.05, 0) is 116 Å². The Morgan fingerprint density at radius 1 is 0.639 bits per heavy atom. The number of hydrogen-bond donors (Lipinski definition) is 8. The van der Waals surface area contributed by atoms with Gasteiger partial charge in [0.1, 0.15) is 47.5 Å². The molecule has 458 valence electrons. The van der Waals surface area contributed by atoms with Gasteiger partial charge in [0.15, 0.2) is 0 Å². The molecule has 26 heteroatoms. The number of nitrogens with zero attached hydrogens (tertiary/aromatic N) is 2. The van der Waals surface area contributed by atoms with E-state index in [4.69, 9.17) is 25.7 Å². The van der Waals surface area contributed by atoms with E-state index in [-0.39, 0.29) is 25.2 Å². The van der Waals surface area contributed by atoms with Gasteiger partial charge in [0.05, 0.1) is 19.7 Å². The molecule has 0 bridgehead atoms. The standard InChI is InChI=1S/C57H84N10O15S/c1-34(2)30-41(49(73)65-40(27-29-83-10)53(77)80-9)62-46(70)33-61-50(74)42(31-35-18-13-11-14-19-35)66(54(78)81-56(3,4)5)52(76)43(32-36-20-15-12-16-21-36)67(55(79)82-57(6,7)8)51(75)39(24-26-45(59)69)64-48(72)38(23-25-44(58)68)63-47(71)37-22-17-28-60-37/h11-16,18-21,34,37-43,60H,17,22-33H2,1-10H3,(H2,58,68)(H2,59,69)(H,61,74)(H,62,70)(H,63,71)(H,64,72)(H,65,73)/t37-,38-,39-,40+,41-,42-,43+/m0/s1. The lowest BCUT2D eigenvalue weighted by Crippen LogP contribution is -2.64. The number of ether oxygens (including phenoxy) is 3. The number of thioether (sulfide) groups is 1. The predicted molar refractivity (Wildman–Crippen MR) is 307 cm³/mol. The van der Waals surface area contributed by atoms with Crippen molar-refractivity contribution in [3.8, 4) is 0 Å². The summed E-state index contributed by atoms with van der Waals surface area (Å²) in [6, 6.07) is 5.57. The zero-order chi connectivity index (χ0) is 62.2. The highest BCUT2D eigenvalue weighted by Gasteiger charge is 2.48. The molecule has 83 heavy (non-hydrogen) atoms. The van der Waals surface area contributed by atoms with Gasteiger partial charge >= 0.3 is 18.2 Å². The highest BCUT2D eigenvalue weighted by atomic mass is 32.2. The molecule has 2 aromatic rings. The van der Waals surface area contributed by atoms with E-state index in [1.165, 1.54) is 60.4 Å². The number of amides is 11. The number of imide groups is 2. The van der Waals surface area contributed by atoms with E-state index in [1.807, 2.05) is 6.26 Å². The highest BCUT2D eigenvalue weighted by molar-refractivity contribution is 7.98. The lowest BCUT2D eigenvalue weighted by atomic mass is 9.98. The summed E-state index contributed by atoms with van der Waals surface area (Å²) in [6.45, 7) is 12.1. The summed E-state index contributed by atoms with van der Waals surface area (Å²) in [5, 5.41) is 15.8. The van der Waals surface area contributed by atoms with Gasteiger partial charge in [-0.25, -0.2) is 24.2 Å². The molecule has 0 aliphatic carbocycles. The number of nitrogens with two attached hydrogens (primary N) is 2. The van der Waals surface area contributed by atoms with E-state index in [0.29, 0.717) is 46.1 Å². The molecule has 25 nitrogen and oxygen atoms in total. The van der Waals surface area contributed by atoms with Crippen LogP contribution in [-0.4, -0.2) is 167 Å². The summed E-state index contributed by atoms with van der Waals surface area (Å²) in [4.78, 5) is 170. The number of carbonyl (C=O) groups is 12. The highest BCUT2D eigenvalue weighted by Crippen LogP contribution is 2.24. The van der Waals surface area contributed by atoms with Gasteiger partial charge < -0.3 is 57.6 Å². The van der Waals surface area contributed by atoms with Crippen molar-refractivity contribution in [3.05, 3.63) is 71.8 Å². The topological polar surface area (TPSA) is 363 Å². The van der Waals surface area contributed by atoms with Crippen LogP contribution in [0.15, 0.2) is 60.7 Å². The minimum absolute atomic E-state index is 0.104. The number of methoxy groups -OCH3 is 1. The average Bonchev–Trinajstić information content (AvgIpc) is 4.11. The van der Waals surface area contributed by atoms with Crippen molar-refractivity contribution < 1.29 is 71.7 Å². The molecule has 0 saturated carbocycles. The lowest BCUT2D eigenvalue weighted by Gasteiger charge is -2.38.